The molecule has 0 amide bonds. The maximum atomic E-state index is 13.8. The van der Waals surface area contributed by atoms with Crippen LogP contribution < -0.4 is 10.1 Å². The van der Waals surface area contributed by atoms with E-state index in [4.69, 9.17) is 4.74 Å². The first-order valence-electron chi connectivity index (χ1n) is 8.92. The Morgan fingerprint density at radius 3 is 2.19 bits per heavy atom. The Bertz CT molecular complexity index is 663. The smallest absolute Gasteiger partial charge is 0.416 e. The number of ether oxygens (including phenoxy) is 1. The van der Waals surface area contributed by atoms with Crippen LogP contribution in [0.15, 0.2) is 12.1 Å². The molecule has 3 nitrogen and oxygen atoms in total. The molecule has 27 heavy (non-hydrogen) atoms. The average Bonchev–Trinajstić information content (AvgIpc) is 3.42. The highest BCUT2D eigenvalue weighted by Crippen LogP contribution is 2.48. The summed E-state index contributed by atoms with van der Waals surface area (Å²) in [5.74, 6) is -0.0423. The van der Waals surface area contributed by atoms with E-state index in [2.05, 4.69) is 5.32 Å². The molecule has 9 heteroatoms. The Kier molecular flexibility index (Phi) is 5.63. The highest BCUT2D eigenvalue weighted by atomic mass is 19.4. The van der Waals surface area contributed by atoms with Crippen molar-refractivity contribution < 1.29 is 31.1 Å². The number of alkyl halides is 6. The zero-order valence-electron chi connectivity index (χ0n) is 14.9. The Labute approximate surface area is 153 Å². The van der Waals surface area contributed by atoms with Crippen molar-refractivity contribution in [3.8, 4) is 5.75 Å². The number of hydrogen-bond acceptors (Lipinski definition) is 3. The van der Waals surface area contributed by atoms with Gasteiger partial charge in [0.1, 0.15) is 5.75 Å². The van der Waals surface area contributed by atoms with Crippen LogP contribution in [-0.2, 0) is 12.4 Å². The molecule has 3 rings (SSSR count). The standard InChI is InChI=1S/C18H22F6N2O/c1-27-15-10-12(17(19,20)21)9-13(18(22,23)24)16(15)14(8-11-2-3-11)26-6-4-25-5-7-26/h9-11,14,25H,2-8H2,1H3/t14-/m0/s1. The van der Waals surface area contributed by atoms with Gasteiger partial charge in [0.05, 0.1) is 18.2 Å². The third-order valence-electron chi connectivity index (χ3n) is 5.17. The van der Waals surface area contributed by atoms with Gasteiger partial charge in [-0.2, -0.15) is 26.3 Å². The second kappa shape index (κ2) is 7.50. The van der Waals surface area contributed by atoms with Crippen LogP contribution in [0.5, 0.6) is 5.75 Å². The van der Waals surface area contributed by atoms with Gasteiger partial charge in [0.15, 0.2) is 0 Å². The largest absolute Gasteiger partial charge is 0.496 e. The predicted molar refractivity (Wildman–Crippen MR) is 87.5 cm³/mol. The van der Waals surface area contributed by atoms with Gasteiger partial charge in [-0.1, -0.05) is 12.8 Å². The van der Waals surface area contributed by atoms with E-state index in [0.29, 0.717) is 44.6 Å². The third kappa shape index (κ3) is 4.68. The number of nitrogens with zero attached hydrogens (tertiary/aromatic N) is 1. The van der Waals surface area contributed by atoms with Crippen LogP contribution in [0.4, 0.5) is 26.3 Å². The Hall–Kier alpha value is -1.48. The number of benzene rings is 1. The van der Waals surface area contributed by atoms with Crippen LogP contribution in [0, 0.1) is 5.92 Å². The Morgan fingerprint density at radius 1 is 1.07 bits per heavy atom. The van der Waals surface area contributed by atoms with E-state index in [1.807, 2.05) is 4.90 Å². The van der Waals surface area contributed by atoms with Gasteiger partial charge >= 0.3 is 12.4 Å². The van der Waals surface area contributed by atoms with E-state index in [9.17, 15) is 26.3 Å². The molecule has 1 N–H and O–H groups in total. The highest BCUT2D eigenvalue weighted by molar-refractivity contribution is 5.48. The molecule has 1 aromatic rings. The van der Waals surface area contributed by atoms with Gasteiger partial charge in [-0.3, -0.25) is 4.90 Å². The minimum atomic E-state index is -4.90. The van der Waals surface area contributed by atoms with Gasteiger partial charge in [-0.05, 0) is 24.5 Å². The van der Waals surface area contributed by atoms with Crippen molar-refractivity contribution in [2.24, 2.45) is 5.92 Å². The average molecular weight is 396 g/mol. The molecule has 0 bridgehead atoms. The summed E-state index contributed by atoms with van der Waals surface area (Å²) in [5.41, 5.74) is -2.77. The molecule has 1 saturated carbocycles. The summed E-state index contributed by atoms with van der Waals surface area (Å²) >= 11 is 0. The Balaban J connectivity index is 2.14. The fourth-order valence-electron chi connectivity index (χ4n) is 3.65. The molecular formula is C18H22F6N2O. The normalized spacial score (nSPS) is 20.6. The minimum absolute atomic E-state index is 0.174. The lowest BCUT2D eigenvalue weighted by atomic mass is 9.91. The number of halogens is 6. The van der Waals surface area contributed by atoms with Gasteiger partial charge in [0.25, 0.3) is 0 Å². The highest BCUT2D eigenvalue weighted by Gasteiger charge is 2.43. The van der Waals surface area contributed by atoms with E-state index in [0.717, 1.165) is 20.0 Å². The maximum Gasteiger partial charge on any atom is 0.416 e. The maximum absolute atomic E-state index is 13.8. The zero-order chi connectivity index (χ0) is 19.8. The quantitative estimate of drug-likeness (QED) is 0.743. The molecule has 2 aliphatic rings. The van der Waals surface area contributed by atoms with Crippen molar-refractivity contribution in [3.63, 3.8) is 0 Å². The molecule has 152 valence electrons. The fourth-order valence-corrected chi connectivity index (χ4v) is 3.65. The van der Waals surface area contributed by atoms with Gasteiger partial charge in [-0.15, -0.1) is 0 Å². The van der Waals surface area contributed by atoms with Gasteiger partial charge in [-0.25, -0.2) is 0 Å². The second-order valence-electron chi connectivity index (χ2n) is 7.12. The SMILES string of the molecule is COc1cc(C(F)(F)F)cc(C(F)(F)F)c1[C@H](CC1CC1)N1CCNCC1. The first kappa shape index (κ1) is 20.3. The number of methoxy groups -OCH3 is 1. The fraction of sp³-hybridized carbons (Fsp3) is 0.667. The van der Waals surface area contributed by atoms with E-state index in [1.54, 1.807) is 0 Å². The first-order valence-corrected chi connectivity index (χ1v) is 8.92. The number of hydrogen-bond donors (Lipinski definition) is 1. The molecule has 1 aliphatic carbocycles. The summed E-state index contributed by atoms with van der Waals surface area (Å²) in [7, 11) is 1.12. The van der Waals surface area contributed by atoms with Crippen molar-refractivity contribution in [2.75, 3.05) is 33.3 Å². The van der Waals surface area contributed by atoms with Crippen molar-refractivity contribution in [3.05, 3.63) is 28.8 Å². The minimum Gasteiger partial charge on any atom is -0.496 e. The Morgan fingerprint density at radius 2 is 1.70 bits per heavy atom. The van der Waals surface area contributed by atoms with Crippen LogP contribution in [-0.4, -0.2) is 38.2 Å². The molecule has 1 atom stereocenters. The van der Waals surface area contributed by atoms with Crippen LogP contribution in [0.2, 0.25) is 0 Å². The third-order valence-corrected chi connectivity index (χ3v) is 5.17. The monoisotopic (exact) mass is 396 g/mol. The van der Waals surface area contributed by atoms with Crippen molar-refractivity contribution in [2.45, 2.75) is 37.7 Å². The summed E-state index contributed by atoms with van der Waals surface area (Å²) in [6, 6.07) is 0.292. The molecule has 0 radical (unpaired) electrons. The topological polar surface area (TPSA) is 24.5 Å². The summed E-state index contributed by atoms with van der Waals surface area (Å²) in [5, 5.41) is 3.15. The lowest BCUT2D eigenvalue weighted by Gasteiger charge is -2.37. The first-order chi connectivity index (χ1) is 12.6. The molecule has 1 heterocycles. The molecule has 1 saturated heterocycles. The number of rotatable bonds is 5. The zero-order valence-corrected chi connectivity index (χ0v) is 14.9. The van der Waals surface area contributed by atoms with E-state index < -0.39 is 29.5 Å². The molecule has 2 fully saturated rings. The van der Waals surface area contributed by atoms with Crippen LogP contribution in [0.25, 0.3) is 0 Å². The molecule has 1 aliphatic heterocycles. The van der Waals surface area contributed by atoms with Crippen molar-refractivity contribution in [1.29, 1.82) is 0 Å². The van der Waals surface area contributed by atoms with Gasteiger partial charge in [0, 0.05) is 37.8 Å². The summed E-state index contributed by atoms with van der Waals surface area (Å²) in [6.45, 7) is 2.34. The lowest BCUT2D eigenvalue weighted by molar-refractivity contribution is -0.144. The molecule has 0 unspecified atom stereocenters. The van der Waals surface area contributed by atoms with Crippen LogP contribution in [0.1, 0.15) is 42.0 Å². The molecule has 0 spiro atoms. The predicted octanol–water partition coefficient (Wildman–Crippen LogP) is 4.48. The second-order valence-corrected chi connectivity index (χ2v) is 7.12. The van der Waals surface area contributed by atoms with E-state index >= 15 is 0 Å². The van der Waals surface area contributed by atoms with Crippen LogP contribution >= 0.6 is 0 Å². The van der Waals surface area contributed by atoms with Gasteiger partial charge in [0.2, 0.25) is 0 Å². The lowest BCUT2D eigenvalue weighted by Crippen LogP contribution is -2.45. The summed E-state index contributed by atoms with van der Waals surface area (Å²) < 4.78 is 85.7. The van der Waals surface area contributed by atoms with Crippen molar-refractivity contribution >= 4 is 0 Å². The molecular weight excluding hydrogens is 374 g/mol. The number of nitrogens with one attached hydrogen (secondary N) is 1. The summed E-state index contributed by atoms with van der Waals surface area (Å²) in [6.07, 6.45) is -7.42. The molecule has 0 aromatic heterocycles. The summed E-state index contributed by atoms with van der Waals surface area (Å²) in [4.78, 5) is 1.93. The van der Waals surface area contributed by atoms with Gasteiger partial charge < -0.3 is 10.1 Å². The van der Waals surface area contributed by atoms with E-state index in [1.165, 1.54) is 0 Å². The molecule has 1 aromatic carbocycles. The van der Waals surface area contributed by atoms with Crippen molar-refractivity contribution in [1.82, 2.24) is 10.2 Å². The van der Waals surface area contributed by atoms with Crippen LogP contribution in [0.3, 0.4) is 0 Å². The number of piperazine rings is 1. The van der Waals surface area contributed by atoms with E-state index in [-0.39, 0.29) is 17.4 Å².